The summed E-state index contributed by atoms with van der Waals surface area (Å²) in [6.07, 6.45) is 4.71. The number of aromatic nitrogens is 4. The van der Waals surface area contributed by atoms with E-state index in [1.807, 2.05) is 13.8 Å². The van der Waals surface area contributed by atoms with E-state index in [0.29, 0.717) is 18.1 Å². The summed E-state index contributed by atoms with van der Waals surface area (Å²) in [5, 5.41) is 4.16. The summed E-state index contributed by atoms with van der Waals surface area (Å²) in [5.41, 5.74) is 6.29. The Labute approximate surface area is 92.7 Å². The highest BCUT2D eigenvalue weighted by molar-refractivity contribution is 5.31. The lowest BCUT2D eigenvalue weighted by molar-refractivity contribution is 0.407. The van der Waals surface area contributed by atoms with Gasteiger partial charge in [0.2, 0.25) is 0 Å². The van der Waals surface area contributed by atoms with Gasteiger partial charge >= 0.3 is 5.69 Å². The topological polar surface area (TPSA) is 78.2 Å². The Balaban J connectivity index is 2.39. The van der Waals surface area contributed by atoms with Crippen LogP contribution in [0.3, 0.4) is 0 Å². The molecule has 0 aliphatic heterocycles. The van der Waals surface area contributed by atoms with Gasteiger partial charge in [0.1, 0.15) is 0 Å². The summed E-state index contributed by atoms with van der Waals surface area (Å²) in [7, 11) is 0. The first-order chi connectivity index (χ1) is 7.59. The van der Waals surface area contributed by atoms with Crippen LogP contribution < -0.4 is 11.4 Å². The van der Waals surface area contributed by atoms with Crippen molar-refractivity contribution in [2.24, 2.45) is 11.7 Å². The van der Waals surface area contributed by atoms with Gasteiger partial charge in [-0.05, 0) is 5.92 Å². The standard InChI is InChI=1S/C10H15N5O/c1-7(2)8(11)6-15-10(16)14-4-3-12-5-9(14)13-15/h3-5,7-8H,6,11H2,1-2H3. The number of rotatable bonds is 3. The van der Waals surface area contributed by atoms with Crippen LogP contribution in [0.2, 0.25) is 0 Å². The maximum absolute atomic E-state index is 11.9. The minimum atomic E-state index is -0.173. The van der Waals surface area contributed by atoms with Gasteiger partial charge in [0, 0.05) is 18.4 Å². The smallest absolute Gasteiger partial charge is 0.326 e. The van der Waals surface area contributed by atoms with Crippen molar-refractivity contribution >= 4 is 5.65 Å². The van der Waals surface area contributed by atoms with Crippen LogP contribution in [-0.2, 0) is 6.54 Å². The summed E-state index contributed by atoms with van der Waals surface area (Å²) >= 11 is 0. The van der Waals surface area contributed by atoms with Crippen LogP contribution in [-0.4, -0.2) is 25.2 Å². The Morgan fingerprint density at radius 2 is 2.25 bits per heavy atom. The number of hydrogen-bond acceptors (Lipinski definition) is 4. The molecule has 2 aromatic heterocycles. The normalized spacial score (nSPS) is 13.5. The monoisotopic (exact) mass is 221 g/mol. The van der Waals surface area contributed by atoms with Crippen LogP contribution in [0, 0.1) is 5.92 Å². The molecule has 0 aromatic carbocycles. The van der Waals surface area contributed by atoms with Gasteiger partial charge in [-0.1, -0.05) is 13.8 Å². The van der Waals surface area contributed by atoms with Crippen molar-refractivity contribution in [2.75, 3.05) is 0 Å². The lowest BCUT2D eigenvalue weighted by Gasteiger charge is -2.13. The van der Waals surface area contributed by atoms with Gasteiger partial charge in [0.25, 0.3) is 0 Å². The largest absolute Gasteiger partial charge is 0.350 e. The molecule has 1 unspecified atom stereocenters. The van der Waals surface area contributed by atoms with Crippen molar-refractivity contribution in [3.63, 3.8) is 0 Å². The summed E-state index contributed by atoms with van der Waals surface area (Å²) in [4.78, 5) is 15.8. The maximum Gasteiger partial charge on any atom is 0.350 e. The van der Waals surface area contributed by atoms with Gasteiger partial charge in [-0.15, -0.1) is 5.10 Å². The summed E-state index contributed by atoms with van der Waals surface area (Å²) in [5.74, 6) is 0.315. The summed E-state index contributed by atoms with van der Waals surface area (Å²) < 4.78 is 2.85. The SMILES string of the molecule is CC(C)C(N)Cn1nc2cnccn2c1=O. The molecule has 0 aliphatic rings. The molecule has 6 nitrogen and oxygen atoms in total. The second-order valence-corrected chi connectivity index (χ2v) is 4.18. The molecule has 2 aromatic rings. The number of fused-ring (bicyclic) bond motifs is 1. The van der Waals surface area contributed by atoms with Gasteiger partial charge in [-0.2, -0.15) is 0 Å². The van der Waals surface area contributed by atoms with Crippen molar-refractivity contribution in [3.8, 4) is 0 Å². The molecule has 6 heteroatoms. The van der Waals surface area contributed by atoms with E-state index in [2.05, 4.69) is 10.1 Å². The van der Waals surface area contributed by atoms with Crippen molar-refractivity contribution in [1.82, 2.24) is 19.2 Å². The Hall–Kier alpha value is -1.69. The first-order valence-electron chi connectivity index (χ1n) is 5.24. The zero-order valence-corrected chi connectivity index (χ0v) is 9.37. The van der Waals surface area contributed by atoms with E-state index in [1.54, 1.807) is 18.6 Å². The van der Waals surface area contributed by atoms with E-state index in [0.717, 1.165) is 0 Å². The fraction of sp³-hybridized carbons (Fsp3) is 0.500. The lowest BCUT2D eigenvalue weighted by atomic mass is 10.1. The molecule has 16 heavy (non-hydrogen) atoms. The Bertz CT molecular complexity index is 541. The first-order valence-corrected chi connectivity index (χ1v) is 5.24. The van der Waals surface area contributed by atoms with Crippen LogP contribution in [0.5, 0.6) is 0 Å². The van der Waals surface area contributed by atoms with Crippen LogP contribution in [0.15, 0.2) is 23.4 Å². The second-order valence-electron chi connectivity index (χ2n) is 4.18. The molecule has 2 rings (SSSR count). The molecule has 2 N–H and O–H groups in total. The van der Waals surface area contributed by atoms with Gasteiger partial charge < -0.3 is 5.73 Å². The summed E-state index contributed by atoms with van der Waals surface area (Å²) in [6, 6.07) is -0.0735. The first kappa shape index (κ1) is 10.8. The molecular formula is C10H15N5O. The Morgan fingerprint density at radius 3 is 2.88 bits per heavy atom. The third kappa shape index (κ3) is 1.83. The minimum Gasteiger partial charge on any atom is -0.326 e. The molecule has 1 atom stereocenters. The lowest BCUT2D eigenvalue weighted by Crippen LogP contribution is -2.36. The highest BCUT2D eigenvalue weighted by Crippen LogP contribution is 2.00. The third-order valence-corrected chi connectivity index (χ3v) is 2.63. The Morgan fingerprint density at radius 1 is 1.50 bits per heavy atom. The molecule has 0 spiro atoms. The molecule has 86 valence electrons. The summed E-state index contributed by atoms with van der Waals surface area (Å²) in [6.45, 7) is 4.47. The molecule has 0 bridgehead atoms. The number of nitrogens with two attached hydrogens (primary N) is 1. The fourth-order valence-corrected chi connectivity index (χ4v) is 1.41. The zero-order chi connectivity index (χ0) is 11.7. The highest BCUT2D eigenvalue weighted by atomic mass is 16.2. The van der Waals surface area contributed by atoms with Crippen molar-refractivity contribution in [2.45, 2.75) is 26.4 Å². The minimum absolute atomic E-state index is 0.0735. The average molecular weight is 221 g/mol. The van der Waals surface area contributed by atoms with Crippen molar-refractivity contribution in [3.05, 3.63) is 29.1 Å². The number of hydrogen-bond donors (Lipinski definition) is 1. The van der Waals surface area contributed by atoms with Crippen molar-refractivity contribution in [1.29, 1.82) is 0 Å². The van der Waals surface area contributed by atoms with E-state index in [1.165, 1.54) is 9.08 Å². The molecule has 0 aliphatic carbocycles. The average Bonchev–Trinajstić information content (AvgIpc) is 2.56. The highest BCUT2D eigenvalue weighted by Gasteiger charge is 2.12. The predicted molar refractivity (Wildman–Crippen MR) is 60.1 cm³/mol. The van der Waals surface area contributed by atoms with E-state index >= 15 is 0 Å². The quantitative estimate of drug-likeness (QED) is 0.783. The molecule has 0 saturated carbocycles. The fourth-order valence-electron chi connectivity index (χ4n) is 1.41. The third-order valence-electron chi connectivity index (χ3n) is 2.63. The molecule has 0 saturated heterocycles. The number of nitrogens with zero attached hydrogens (tertiary/aromatic N) is 4. The van der Waals surface area contributed by atoms with Gasteiger partial charge in [0.15, 0.2) is 5.65 Å². The molecule has 0 amide bonds. The van der Waals surface area contributed by atoms with E-state index in [9.17, 15) is 4.79 Å². The maximum atomic E-state index is 11.9. The van der Waals surface area contributed by atoms with Crippen LogP contribution >= 0.6 is 0 Å². The predicted octanol–water partition coefficient (Wildman–Crippen LogP) is -0.126. The van der Waals surface area contributed by atoms with Crippen LogP contribution in [0.1, 0.15) is 13.8 Å². The van der Waals surface area contributed by atoms with E-state index in [4.69, 9.17) is 5.73 Å². The zero-order valence-electron chi connectivity index (χ0n) is 9.37. The van der Waals surface area contributed by atoms with Crippen LogP contribution in [0.25, 0.3) is 5.65 Å². The molecule has 0 fully saturated rings. The van der Waals surface area contributed by atoms with Gasteiger partial charge in [-0.3, -0.25) is 4.98 Å². The van der Waals surface area contributed by atoms with Gasteiger partial charge in [0.05, 0.1) is 12.7 Å². The van der Waals surface area contributed by atoms with Crippen molar-refractivity contribution < 1.29 is 0 Å². The molecule has 2 heterocycles. The Kier molecular flexibility index (Phi) is 2.74. The van der Waals surface area contributed by atoms with Gasteiger partial charge in [-0.25, -0.2) is 13.9 Å². The molecule has 0 radical (unpaired) electrons. The second kappa shape index (κ2) is 4.05. The molecular weight excluding hydrogens is 206 g/mol. The van der Waals surface area contributed by atoms with E-state index in [-0.39, 0.29) is 11.7 Å². The van der Waals surface area contributed by atoms with E-state index < -0.39 is 0 Å². The van der Waals surface area contributed by atoms with Crippen LogP contribution in [0.4, 0.5) is 0 Å².